The van der Waals surface area contributed by atoms with Crippen molar-refractivity contribution in [2.24, 2.45) is 11.8 Å². The van der Waals surface area contributed by atoms with Crippen LogP contribution in [0.15, 0.2) is 24.3 Å². The van der Waals surface area contributed by atoms with Crippen molar-refractivity contribution in [3.63, 3.8) is 0 Å². The molecule has 0 heterocycles. The van der Waals surface area contributed by atoms with Gasteiger partial charge >= 0.3 is 7.12 Å². The van der Waals surface area contributed by atoms with Crippen molar-refractivity contribution in [2.45, 2.75) is 58.8 Å². The molecule has 2 atom stereocenters. The molecule has 0 spiro atoms. The average molecular weight is 401 g/mol. The van der Waals surface area contributed by atoms with E-state index >= 15 is 0 Å². The molecule has 158 valence electrons. The highest BCUT2D eigenvalue weighted by atomic mass is 16.4. The number of carbonyl (C=O) groups is 2. The van der Waals surface area contributed by atoms with Crippen LogP contribution in [0.3, 0.4) is 0 Å². The van der Waals surface area contributed by atoms with Crippen molar-refractivity contribution in [1.82, 2.24) is 5.32 Å². The van der Waals surface area contributed by atoms with Gasteiger partial charge in [0.15, 0.2) is 0 Å². The fraction of sp³-hybridized carbons (Fsp3) is 0.571. The minimum atomic E-state index is -1.60. The van der Waals surface area contributed by atoms with Crippen LogP contribution in [0.4, 0.5) is 5.69 Å². The zero-order valence-electron chi connectivity index (χ0n) is 17.8. The van der Waals surface area contributed by atoms with Gasteiger partial charge < -0.3 is 20.3 Å². The first-order valence-electron chi connectivity index (χ1n) is 10.1. The van der Waals surface area contributed by atoms with Gasteiger partial charge in [0.2, 0.25) is 11.8 Å². The van der Waals surface area contributed by atoms with Gasteiger partial charge in [-0.25, -0.2) is 0 Å². The summed E-state index contributed by atoms with van der Waals surface area (Å²) >= 11 is 0. The molecule has 0 aromatic heterocycles. The number of nitriles is 1. The number of carbonyl (C=O) groups excluding carboxylic acids is 2. The number of benzene rings is 1. The number of rotatable bonds is 11. The van der Waals surface area contributed by atoms with Crippen LogP contribution in [0.1, 0.15) is 52.0 Å². The second-order valence-corrected chi connectivity index (χ2v) is 7.81. The lowest BCUT2D eigenvalue weighted by atomic mass is 9.74. The van der Waals surface area contributed by atoms with E-state index in [4.69, 9.17) is 5.26 Å². The van der Waals surface area contributed by atoms with Gasteiger partial charge in [0.1, 0.15) is 6.42 Å². The molecule has 1 aromatic carbocycles. The number of anilines is 1. The van der Waals surface area contributed by atoms with Gasteiger partial charge in [-0.2, -0.15) is 5.26 Å². The third kappa shape index (κ3) is 8.26. The molecule has 0 aliphatic carbocycles. The SMILES string of the molecule is CCC[C@@H](Cc1cccc(N(C)C(=O)CC#N)c1)C(=O)N[C@@H](CC(C)C)B(O)O. The van der Waals surface area contributed by atoms with Gasteiger partial charge in [0.25, 0.3) is 0 Å². The Bertz CT molecular complexity index is 718. The van der Waals surface area contributed by atoms with E-state index in [2.05, 4.69) is 5.32 Å². The maximum absolute atomic E-state index is 12.8. The number of amides is 2. The Morgan fingerprint density at radius 1 is 1.31 bits per heavy atom. The molecule has 29 heavy (non-hydrogen) atoms. The van der Waals surface area contributed by atoms with E-state index in [-0.39, 0.29) is 30.1 Å². The van der Waals surface area contributed by atoms with E-state index in [1.165, 1.54) is 4.90 Å². The number of hydrogen-bond donors (Lipinski definition) is 3. The van der Waals surface area contributed by atoms with Crippen molar-refractivity contribution in [2.75, 3.05) is 11.9 Å². The van der Waals surface area contributed by atoms with Crippen molar-refractivity contribution in [3.05, 3.63) is 29.8 Å². The van der Waals surface area contributed by atoms with E-state index in [9.17, 15) is 19.6 Å². The van der Waals surface area contributed by atoms with E-state index in [0.717, 1.165) is 12.0 Å². The van der Waals surface area contributed by atoms with Gasteiger partial charge in [0.05, 0.1) is 12.0 Å². The minimum absolute atomic E-state index is 0.192. The molecule has 7 nitrogen and oxygen atoms in total. The Morgan fingerprint density at radius 2 is 2.00 bits per heavy atom. The maximum atomic E-state index is 12.8. The van der Waals surface area contributed by atoms with Crippen LogP contribution in [-0.4, -0.2) is 42.0 Å². The molecular weight excluding hydrogens is 369 g/mol. The molecule has 0 aliphatic rings. The van der Waals surface area contributed by atoms with Crippen molar-refractivity contribution in [3.8, 4) is 6.07 Å². The normalized spacial score (nSPS) is 12.8. The second kappa shape index (κ2) is 12.3. The first kappa shape index (κ1) is 24.7. The molecule has 1 rings (SSSR count). The van der Waals surface area contributed by atoms with E-state index in [1.807, 2.05) is 45.0 Å². The molecule has 0 saturated heterocycles. The Hall–Kier alpha value is -2.37. The van der Waals surface area contributed by atoms with Crippen LogP contribution in [0.2, 0.25) is 0 Å². The summed E-state index contributed by atoms with van der Waals surface area (Å²) in [6.07, 6.45) is 2.24. The zero-order chi connectivity index (χ0) is 22.0. The summed E-state index contributed by atoms with van der Waals surface area (Å²) in [5, 5.41) is 30.7. The van der Waals surface area contributed by atoms with Gasteiger partial charge in [0, 0.05) is 18.7 Å². The maximum Gasteiger partial charge on any atom is 0.475 e. The minimum Gasteiger partial charge on any atom is -0.426 e. The lowest BCUT2D eigenvalue weighted by Gasteiger charge is -2.24. The highest BCUT2D eigenvalue weighted by molar-refractivity contribution is 6.43. The van der Waals surface area contributed by atoms with Crippen LogP contribution >= 0.6 is 0 Å². The van der Waals surface area contributed by atoms with Gasteiger partial charge in [-0.05, 0) is 42.9 Å². The summed E-state index contributed by atoms with van der Waals surface area (Å²) in [7, 11) is 0.0144. The van der Waals surface area contributed by atoms with Crippen LogP contribution in [0.5, 0.6) is 0 Å². The number of hydrogen-bond acceptors (Lipinski definition) is 5. The van der Waals surface area contributed by atoms with Crippen LogP contribution in [0.25, 0.3) is 0 Å². The summed E-state index contributed by atoms with van der Waals surface area (Å²) in [4.78, 5) is 26.2. The predicted molar refractivity (Wildman–Crippen MR) is 114 cm³/mol. The van der Waals surface area contributed by atoms with Gasteiger partial charge in [-0.15, -0.1) is 0 Å². The standard InChI is InChI=1S/C21H32BN3O4/c1-5-7-17(21(27)24-19(22(28)29)12-15(2)3)13-16-8-6-9-18(14-16)25(4)20(26)10-11-23/h6,8-9,14-15,17,19,28-29H,5,7,10,12-13H2,1-4H3,(H,24,27)/t17-,19-/m0/s1. The molecule has 2 amide bonds. The highest BCUT2D eigenvalue weighted by Gasteiger charge is 2.29. The first-order chi connectivity index (χ1) is 13.7. The second-order valence-electron chi connectivity index (χ2n) is 7.81. The van der Waals surface area contributed by atoms with Gasteiger partial charge in [-0.3, -0.25) is 9.59 Å². The molecule has 0 saturated carbocycles. The Labute approximate surface area is 173 Å². The smallest absolute Gasteiger partial charge is 0.426 e. The zero-order valence-corrected chi connectivity index (χ0v) is 17.8. The van der Waals surface area contributed by atoms with Crippen molar-refractivity contribution < 1.29 is 19.6 Å². The Balaban J connectivity index is 2.93. The molecule has 0 radical (unpaired) electrons. The molecule has 0 unspecified atom stereocenters. The summed E-state index contributed by atoms with van der Waals surface area (Å²) in [5.74, 6) is -1.30. The summed E-state index contributed by atoms with van der Waals surface area (Å²) < 4.78 is 0. The van der Waals surface area contributed by atoms with E-state index in [0.29, 0.717) is 24.9 Å². The topological polar surface area (TPSA) is 114 Å². The fourth-order valence-corrected chi connectivity index (χ4v) is 3.24. The molecular formula is C21H32BN3O4. The Kier molecular flexibility index (Phi) is 10.4. The van der Waals surface area contributed by atoms with E-state index < -0.39 is 13.1 Å². The quantitative estimate of drug-likeness (QED) is 0.491. The monoisotopic (exact) mass is 401 g/mol. The van der Waals surface area contributed by atoms with Crippen molar-refractivity contribution >= 4 is 24.6 Å². The summed E-state index contributed by atoms with van der Waals surface area (Å²) in [6, 6.07) is 9.20. The number of nitrogens with one attached hydrogen (secondary N) is 1. The van der Waals surface area contributed by atoms with E-state index in [1.54, 1.807) is 13.1 Å². The molecule has 1 aromatic rings. The Morgan fingerprint density at radius 3 is 2.55 bits per heavy atom. The lowest BCUT2D eigenvalue weighted by molar-refractivity contribution is -0.125. The van der Waals surface area contributed by atoms with Crippen LogP contribution in [0, 0.1) is 23.2 Å². The third-order valence-corrected chi connectivity index (χ3v) is 4.81. The molecule has 8 heteroatoms. The third-order valence-electron chi connectivity index (χ3n) is 4.81. The largest absolute Gasteiger partial charge is 0.475 e. The van der Waals surface area contributed by atoms with Crippen LogP contribution < -0.4 is 10.2 Å². The van der Waals surface area contributed by atoms with Gasteiger partial charge in [-0.1, -0.05) is 39.3 Å². The summed E-state index contributed by atoms with van der Waals surface area (Å²) in [6.45, 7) is 5.92. The molecule has 0 bridgehead atoms. The highest BCUT2D eigenvalue weighted by Crippen LogP contribution is 2.21. The van der Waals surface area contributed by atoms with Crippen LogP contribution in [-0.2, 0) is 16.0 Å². The first-order valence-corrected chi connectivity index (χ1v) is 10.1. The lowest BCUT2D eigenvalue weighted by Crippen LogP contribution is -2.49. The average Bonchev–Trinajstić information content (AvgIpc) is 2.66. The predicted octanol–water partition coefficient (Wildman–Crippen LogP) is 2.06. The fourth-order valence-electron chi connectivity index (χ4n) is 3.24. The number of nitrogens with zero attached hydrogens (tertiary/aromatic N) is 2. The molecule has 0 fully saturated rings. The molecule has 3 N–H and O–H groups in total. The molecule has 0 aliphatic heterocycles. The van der Waals surface area contributed by atoms with Crippen molar-refractivity contribution in [1.29, 1.82) is 5.26 Å². The summed E-state index contributed by atoms with van der Waals surface area (Å²) in [5.41, 5.74) is 1.57.